The molecule has 1 aromatic carbocycles. The van der Waals surface area contributed by atoms with E-state index in [-0.39, 0.29) is 5.56 Å². The normalized spacial score (nSPS) is 18.0. The molecule has 2 aromatic rings. The van der Waals surface area contributed by atoms with Gasteiger partial charge in [0.2, 0.25) is 0 Å². The standard InChI is InChI=1S/C17H22F2N4O/c1-21-5-4-20-17(21)12-23-8-6-22(7-9-23)11-16(24)14-10-13(18)2-3-15(14)19/h2-5,10,16,24H,6-9,11-12H2,1H3/t16-/m0/s1. The van der Waals surface area contributed by atoms with Crippen molar-refractivity contribution in [3.8, 4) is 0 Å². The van der Waals surface area contributed by atoms with Gasteiger partial charge in [-0.25, -0.2) is 13.8 Å². The third-order valence-electron chi connectivity index (χ3n) is 4.50. The molecule has 1 aromatic heterocycles. The fourth-order valence-electron chi connectivity index (χ4n) is 2.99. The summed E-state index contributed by atoms with van der Waals surface area (Å²) >= 11 is 0. The zero-order valence-electron chi connectivity index (χ0n) is 13.7. The number of imidazole rings is 1. The number of aryl methyl sites for hydroxylation is 1. The molecule has 1 atom stereocenters. The number of hydrogen-bond acceptors (Lipinski definition) is 4. The van der Waals surface area contributed by atoms with Crippen LogP contribution in [-0.2, 0) is 13.6 Å². The van der Waals surface area contributed by atoms with E-state index in [0.29, 0.717) is 6.54 Å². The lowest BCUT2D eigenvalue weighted by Crippen LogP contribution is -2.47. The minimum atomic E-state index is -1.03. The molecular weight excluding hydrogens is 314 g/mol. The molecule has 130 valence electrons. The van der Waals surface area contributed by atoms with Crippen LogP contribution in [0.3, 0.4) is 0 Å². The highest BCUT2D eigenvalue weighted by atomic mass is 19.1. The van der Waals surface area contributed by atoms with Gasteiger partial charge in [0, 0.05) is 57.7 Å². The number of piperazine rings is 1. The fourth-order valence-corrected chi connectivity index (χ4v) is 2.99. The quantitative estimate of drug-likeness (QED) is 0.900. The van der Waals surface area contributed by atoms with Gasteiger partial charge in [-0.1, -0.05) is 0 Å². The molecule has 0 aliphatic carbocycles. The molecule has 1 N–H and O–H groups in total. The van der Waals surface area contributed by atoms with E-state index in [4.69, 9.17) is 0 Å². The second kappa shape index (κ2) is 7.38. The summed E-state index contributed by atoms with van der Waals surface area (Å²) in [5.74, 6) is -0.0898. The van der Waals surface area contributed by atoms with Crippen LogP contribution in [0.15, 0.2) is 30.6 Å². The number of β-amino-alcohol motifs (C(OH)–C–C–N with tert-alkyl or cyclic N) is 1. The minimum absolute atomic E-state index is 0.0189. The van der Waals surface area contributed by atoms with Crippen LogP contribution in [0.2, 0.25) is 0 Å². The number of benzene rings is 1. The summed E-state index contributed by atoms with van der Waals surface area (Å²) in [7, 11) is 1.97. The van der Waals surface area contributed by atoms with Gasteiger partial charge in [0.25, 0.3) is 0 Å². The Kier molecular flexibility index (Phi) is 5.23. The van der Waals surface area contributed by atoms with Crippen LogP contribution in [0.4, 0.5) is 8.78 Å². The topological polar surface area (TPSA) is 44.5 Å². The Balaban J connectivity index is 1.51. The molecule has 0 unspecified atom stereocenters. The second-order valence-corrected chi connectivity index (χ2v) is 6.21. The van der Waals surface area contributed by atoms with E-state index >= 15 is 0 Å². The molecule has 7 heteroatoms. The molecule has 2 heterocycles. The molecule has 0 bridgehead atoms. The smallest absolute Gasteiger partial charge is 0.129 e. The first-order chi connectivity index (χ1) is 11.5. The number of nitrogens with zero attached hydrogens (tertiary/aromatic N) is 4. The molecule has 1 saturated heterocycles. The van der Waals surface area contributed by atoms with E-state index < -0.39 is 17.7 Å². The predicted octanol–water partition coefficient (Wildman–Crippen LogP) is 1.55. The van der Waals surface area contributed by atoms with Crippen molar-refractivity contribution in [1.82, 2.24) is 19.4 Å². The number of halogens is 2. The van der Waals surface area contributed by atoms with E-state index in [2.05, 4.69) is 14.8 Å². The van der Waals surface area contributed by atoms with Gasteiger partial charge in [0.15, 0.2) is 0 Å². The molecule has 5 nitrogen and oxygen atoms in total. The van der Waals surface area contributed by atoms with Gasteiger partial charge in [-0.05, 0) is 18.2 Å². The van der Waals surface area contributed by atoms with Crippen molar-refractivity contribution < 1.29 is 13.9 Å². The molecule has 3 rings (SSSR count). The van der Waals surface area contributed by atoms with Crippen molar-refractivity contribution in [2.75, 3.05) is 32.7 Å². The number of aliphatic hydroxyl groups excluding tert-OH is 1. The van der Waals surface area contributed by atoms with Crippen LogP contribution in [-0.4, -0.2) is 57.2 Å². The van der Waals surface area contributed by atoms with Crippen LogP contribution in [0.5, 0.6) is 0 Å². The lowest BCUT2D eigenvalue weighted by molar-refractivity contribution is 0.0672. The number of aromatic nitrogens is 2. The molecule has 1 aliphatic rings. The average molecular weight is 336 g/mol. The molecule has 0 saturated carbocycles. The van der Waals surface area contributed by atoms with E-state index in [0.717, 1.165) is 56.7 Å². The Bertz CT molecular complexity index is 683. The van der Waals surface area contributed by atoms with Gasteiger partial charge < -0.3 is 9.67 Å². The van der Waals surface area contributed by atoms with Gasteiger partial charge in [0.05, 0.1) is 12.6 Å². The summed E-state index contributed by atoms with van der Waals surface area (Å²) < 4.78 is 29.0. The fraction of sp³-hybridized carbons (Fsp3) is 0.471. The van der Waals surface area contributed by atoms with Crippen molar-refractivity contribution >= 4 is 0 Å². The van der Waals surface area contributed by atoms with Gasteiger partial charge in [-0.15, -0.1) is 0 Å². The van der Waals surface area contributed by atoms with Crippen LogP contribution in [0.25, 0.3) is 0 Å². The number of aliphatic hydroxyl groups is 1. The maximum Gasteiger partial charge on any atom is 0.129 e. The third-order valence-corrected chi connectivity index (χ3v) is 4.50. The van der Waals surface area contributed by atoms with Crippen molar-refractivity contribution in [2.45, 2.75) is 12.6 Å². The van der Waals surface area contributed by atoms with Gasteiger partial charge in [0.1, 0.15) is 17.5 Å². The number of rotatable bonds is 5. The van der Waals surface area contributed by atoms with Crippen molar-refractivity contribution in [3.63, 3.8) is 0 Å². The average Bonchev–Trinajstić information content (AvgIpc) is 2.96. The lowest BCUT2D eigenvalue weighted by Gasteiger charge is -2.35. The van der Waals surface area contributed by atoms with Crippen molar-refractivity contribution in [2.24, 2.45) is 7.05 Å². The molecule has 0 spiro atoms. The summed E-state index contributed by atoms with van der Waals surface area (Å²) in [6.07, 6.45) is 2.69. The Morgan fingerprint density at radius 2 is 1.88 bits per heavy atom. The summed E-state index contributed by atoms with van der Waals surface area (Å²) in [6, 6.07) is 3.18. The largest absolute Gasteiger partial charge is 0.387 e. The van der Waals surface area contributed by atoms with E-state index in [1.807, 2.05) is 17.8 Å². The molecule has 24 heavy (non-hydrogen) atoms. The van der Waals surface area contributed by atoms with E-state index in [1.54, 1.807) is 6.20 Å². The molecule has 0 amide bonds. The molecule has 1 fully saturated rings. The minimum Gasteiger partial charge on any atom is -0.387 e. The summed E-state index contributed by atoms with van der Waals surface area (Å²) in [4.78, 5) is 8.70. The van der Waals surface area contributed by atoms with E-state index in [1.165, 1.54) is 0 Å². The third kappa shape index (κ3) is 3.98. The Morgan fingerprint density at radius 3 is 2.54 bits per heavy atom. The second-order valence-electron chi connectivity index (χ2n) is 6.21. The van der Waals surface area contributed by atoms with Gasteiger partial charge in [-0.2, -0.15) is 0 Å². The maximum absolute atomic E-state index is 13.7. The monoisotopic (exact) mass is 336 g/mol. The first-order valence-corrected chi connectivity index (χ1v) is 8.07. The first kappa shape index (κ1) is 17.0. The molecular formula is C17H22F2N4O. The predicted molar refractivity (Wildman–Crippen MR) is 86.2 cm³/mol. The Morgan fingerprint density at radius 1 is 1.17 bits per heavy atom. The van der Waals surface area contributed by atoms with Crippen LogP contribution >= 0.6 is 0 Å². The van der Waals surface area contributed by atoms with E-state index in [9.17, 15) is 13.9 Å². The zero-order valence-corrected chi connectivity index (χ0v) is 13.7. The van der Waals surface area contributed by atoms with Crippen molar-refractivity contribution in [1.29, 1.82) is 0 Å². The van der Waals surface area contributed by atoms with Gasteiger partial charge >= 0.3 is 0 Å². The summed E-state index contributed by atoms with van der Waals surface area (Å²) in [5, 5.41) is 10.2. The molecule has 1 aliphatic heterocycles. The van der Waals surface area contributed by atoms with Crippen molar-refractivity contribution in [3.05, 3.63) is 53.6 Å². The highest BCUT2D eigenvalue weighted by Gasteiger charge is 2.22. The maximum atomic E-state index is 13.7. The number of hydrogen-bond donors (Lipinski definition) is 1. The summed E-state index contributed by atoms with van der Waals surface area (Å²) in [5.41, 5.74) is 0.0189. The summed E-state index contributed by atoms with van der Waals surface area (Å²) in [6.45, 7) is 4.35. The van der Waals surface area contributed by atoms with Crippen LogP contribution in [0, 0.1) is 11.6 Å². The highest BCUT2D eigenvalue weighted by molar-refractivity contribution is 5.21. The SMILES string of the molecule is Cn1ccnc1CN1CCN(C[C@H](O)c2cc(F)ccc2F)CC1. The Labute approximate surface area is 140 Å². The molecule has 0 radical (unpaired) electrons. The zero-order chi connectivity index (χ0) is 17.1. The van der Waals surface area contributed by atoms with Crippen LogP contribution in [0.1, 0.15) is 17.5 Å². The van der Waals surface area contributed by atoms with Crippen LogP contribution < -0.4 is 0 Å². The highest BCUT2D eigenvalue weighted by Crippen LogP contribution is 2.20. The van der Waals surface area contributed by atoms with Gasteiger partial charge in [-0.3, -0.25) is 9.80 Å². The lowest BCUT2D eigenvalue weighted by atomic mass is 10.1. The Hall–Kier alpha value is -1.83. The first-order valence-electron chi connectivity index (χ1n) is 8.07.